The largest absolute Gasteiger partial charge is 0.481 e. The molecule has 0 aliphatic heterocycles. The van der Waals surface area contributed by atoms with Gasteiger partial charge in [0.15, 0.2) is 5.82 Å². The smallest absolute Gasteiger partial charge is 0.329 e. The van der Waals surface area contributed by atoms with Crippen molar-refractivity contribution in [2.75, 3.05) is 28.3 Å². The van der Waals surface area contributed by atoms with Gasteiger partial charge in [-0.2, -0.15) is 9.97 Å². The lowest BCUT2D eigenvalue weighted by atomic mass is 10.4. The van der Waals surface area contributed by atoms with Crippen molar-refractivity contribution in [2.24, 2.45) is 0 Å². The van der Waals surface area contributed by atoms with Gasteiger partial charge in [-0.25, -0.2) is 30.7 Å². The Morgan fingerprint density at radius 2 is 1.53 bits per heavy atom. The van der Waals surface area contributed by atoms with Crippen LogP contribution in [0.15, 0.2) is 40.1 Å². The minimum Gasteiger partial charge on any atom is -0.481 e. The highest BCUT2D eigenvalue weighted by molar-refractivity contribution is 7.92. The van der Waals surface area contributed by atoms with Crippen molar-refractivity contribution in [3.8, 4) is 11.8 Å². The second-order valence-electron chi connectivity index (χ2n) is 5.89. The average molecular weight is 460 g/mol. The first kappa shape index (κ1) is 23.3. The maximum atomic E-state index is 12.6. The lowest BCUT2D eigenvalue weighted by Crippen LogP contribution is -2.40. The van der Waals surface area contributed by atoms with E-state index in [2.05, 4.69) is 15.3 Å². The van der Waals surface area contributed by atoms with E-state index in [0.717, 1.165) is 16.4 Å². The molecule has 0 fully saturated rings. The van der Waals surface area contributed by atoms with Crippen LogP contribution in [0, 0.1) is 0 Å². The molecule has 0 aliphatic rings. The number of ether oxygens (including phenoxy) is 2. The van der Waals surface area contributed by atoms with Crippen molar-refractivity contribution in [1.82, 2.24) is 24.3 Å². The number of urea groups is 1. The zero-order valence-corrected chi connectivity index (χ0v) is 18.2. The molecule has 0 radical (unpaired) electrons. The van der Waals surface area contributed by atoms with Gasteiger partial charge in [-0.15, -0.1) is 0 Å². The van der Waals surface area contributed by atoms with E-state index in [-0.39, 0.29) is 24.1 Å². The monoisotopic (exact) mass is 459 g/mol. The summed E-state index contributed by atoms with van der Waals surface area (Å²) in [5.74, 6) is 0.485. The van der Waals surface area contributed by atoms with Crippen LogP contribution in [0.5, 0.6) is 11.8 Å². The summed E-state index contributed by atoms with van der Waals surface area (Å²) < 4.78 is 62.7. The van der Waals surface area contributed by atoms with Crippen LogP contribution in [-0.4, -0.2) is 65.5 Å². The predicted molar refractivity (Wildman–Crippen MR) is 105 cm³/mol. The van der Waals surface area contributed by atoms with Gasteiger partial charge in [0.05, 0.1) is 26.8 Å². The van der Waals surface area contributed by atoms with Crippen molar-refractivity contribution < 1.29 is 31.1 Å². The zero-order valence-electron chi connectivity index (χ0n) is 16.6. The fourth-order valence-corrected chi connectivity index (χ4v) is 4.82. The molecule has 14 heteroatoms. The average Bonchev–Trinajstić information content (AvgIpc) is 2.71. The molecule has 164 valence electrons. The Morgan fingerprint density at radius 1 is 1.00 bits per heavy atom. The van der Waals surface area contributed by atoms with E-state index < -0.39 is 35.9 Å². The summed E-state index contributed by atoms with van der Waals surface area (Å²) in [6.45, 7) is -0.243. The second-order valence-corrected chi connectivity index (χ2v) is 9.66. The van der Waals surface area contributed by atoms with Gasteiger partial charge in [-0.05, 0) is 12.1 Å². The van der Waals surface area contributed by atoms with Crippen LogP contribution in [0.1, 0.15) is 5.82 Å². The Balaban J connectivity index is 2.20. The molecule has 12 nitrogen and oxygen atoms in total. The van der Waals surface area contributed by atoms with E-state index in [9.17, 15) is 21.6 Å². The minimum atomic E-state index is -4.49. The molecule has 2 aromatic rings. The molecule has 0 spiro atoms. The minimum absolute atomic E-state index is 0.106. The number of sulfonamides is 2. The summed E-state index contributed by atoms with van der Waals surface area (Å²) in [4.78, 5) is 19.1. The fraction of sp³-hybridized carbons (Fsp3) is 0.312. The van der Waals surface area contributed by atoms with Crippen LogP contribution < -0.4 is 19.5 Å². The van der Waals surface area contributed by atoms with Crippen molar-refractivity contribution in [3.05, 3.63) is 36.2 Å². The van der Waals surface area contributed by atoms with Gasteiger partial charge in [-0.1, -0.05) is 12.1 Å². The Hall–Kier alpha value is -2.97. The Morgan fingerprint density at radius 3 is 2.03 bits per heavy atom. The van der Waals surface area contributed by atoms with E-state index >= 15 is 0 Å². The molecule has 0 bridgehead atoms. The maximum Gasteiger partial charge on any atom is 0.329 e. The third-order valence-corrected chi connectivity index (χ3v) is 7.07. The Bertz CT molecular complexity index is 1110. The molecule has 0 unspecified atom stereocenters. The third kappa shape index (κ3) is 5.34. The topological polar surface area (TPSA) is 157 Å². The van der Waals surface area contributed by atoms with Crippen molar-refractivity contribution >= 4 is 26.1 Å². The van der Waals surface area contributed by atoms with Crippen LogP contribution in [-0.2, 0) is 26.6 Å². The molecule has 2 rings (SSSR count). The van der Waals surface area contributed by atoms with Crippen LogP contribution in [0.4, 0.5) is 4.79 Å². The predicted octanol–water partition coefficient (Wildman–Crippen LogP) is -0.0678. The standard InChI is InChI=1S/C16H21N5O7S2/c1-21(2)30(25,26)12-8-6-5-7-11(12)29(23,24)20-16(22)17-10-13-18-14(27-3)9-15(19-13)28-4/h5-9H,10H2,1-4H3,(H2,17,20,22). The molecular weight excluding hydrogens is 438 g/mol. The molecule has 30 heavy (non-hydrogen) atoms. The maximum absolute atomic E-state index is 12.6. The Kier molecular flexibility index (Phi) is 7.17. The molecule has 0 aliphatic carbocycles. The number of methoxy groups -OCH3 is 2. The van der Waals surface area contributed by atoms with Gasteiger partial charge in [0.2, 0.25) is 21.8 Å². The van der Waals surface area contributed by atoms with E-state index in [1.165, 1.54) is 46.5 Å². The summed E-state index contributed by atoms with van der Waals surface area (Å²) >= 11 is 0. The number of aromatic nitrogens is 2. The SMILES string of the molecule is COc1cc(OC)nc(CNC(=O)NS(=O)(=O)c2ccccc2S(=O)(=O)N(C)C)n1. The molecule has 1 aromatic carbocycles. The van der Waals surface area contributed by atoms with E-state index in [1.54, 1.807) is 4.72 Å². The number of carbonyl (C=O) groups is 1. The number of amides is 2. The van der Waals surface area contributed by atoms with Crippen LogP contribution in [0.3, 0.4) is 0 Å². The number of benzene rings is 1. The summed E-state index contributed by atoms with van der Waals surface area (Å²) in [6.07, 6.45) is 0. The van der Waals surface area contributed by atoms with Gasteiger partial charge >= 0.3 is 6.03 Å². The summed E-state index contributed by atoms with van der Waals surface area (Å²) in [6, 6.07) is 5.27. The quantitative estimate of drug-likeness (QED) is 0.551. The first-order chi connectivity index (χ1) is 14.0. The number of hydrogen-bond acceptors (Lipinski definition) is 9. The normalized spacial score (nSPS) is 11.8. The molecule has 0 atom stereocenters. The van der Waals surface area contributed by atoms with Crippen LogP contribution >= 0.6 is 0 Å². The number of rotatable bonds is 8. The van der Waals surface area contributed by atoms with Crippen molar-refractivity contribution in [3.63, 3.8) is 0 Å². The van der Waals surface area contributed by atoms with Crippen molar-refractivity contribution in [1.29, 1.82) is 0 Å². The highest BCUT2D eigenvalue weighted by Crippen LogP contribution is 2.22. The molecule has 0 saturated heterocycles. The summed E-state index contributed by atoms with van der Waals surface area (Å²) in [5.41, 5.74) is 0. The van der Waals surface area contributed by atoms with Gasteiger partial charge in [0.25, 0.3) is 10.0 Å². The van der Waals surface area contributed by atoms with Gasteiger partial charge in [-0.3, -0.25) is 0 Å². The van der Waals surface area contributed by atoms with Gasteiger partial charge in [0.1, 0.15) is 9.79 Å². The lowest BCUT2D eigenvalue weighted by Gasteiger charge is -2.15. The first-order valence-electron chi connectivity index (χ1n) is 8.29. The molecule has 0 saturated carbocycles. The van der Waals surface area contributed by atoms with Crippen LogP contribution in [0.25, 0.3) is 0 Å². The highest BCUT2D eigenvalue weighted by Gasteiger charge is 2.29. The van der Waals surface area contributed by atoms with Crippen molar-refractivity contribution in [2.45, 2.75) is 16.3 Å². The molecule has 2 amide bonds. The van der Waals surface area contributed by atoms with Gasteiger partial charge < -0.3 is 14.8 Å². The molecule has 1 heterocycles. The summed E-state index contributed by atoms with van der Waals surface area (Å²) in [7, 11) is -3.25. The number of nitrogens with one attached hydrogen (secondary N) is 2. The van der Waals surface area contributed by atoms with Crippen LogP contribution in [0.2, 0.25) is 0 Å². The molecular formula is C16H21N5O7S2. The number of nitrogens with zero attached hydrogens (tertiary/aromatic N) is 3. The number of carbonyl (C=O) groups excluding carboxylic acids is 1. The Labute approximate surface area is 174 Å². The van der Waals surface area contributed by atoms with E-state index in [4.69, 9.17) is 9.47 Å². The zero-order chi connectivity index (χ0) is 22.5. The molecule has 1 aromatic heterocycles. The third-order valence-electron chi connectivity index (χ3n) is 3.68. The summed E-state index contributed by atoms with van der Waals surface area (Å²) in [5, 5.41) is 2.28. The second kappa shape index (κ2) is 9.23. The highest BCUT2D eigenvalue weighted by atomic mass is 32.2. The first-order valence-corrected chi connectivity index (χ1v) is 11.2. The van der Waals surface area contributed by atoms with E-state index in [1.807, 2.05) is 0 Å². The number of hydrogen-bond donors (Lipinski definition) is 2. The van der Waals surface area contributed by atoms with Gasteiger partial charge in [0, 0.05) is 14.1 Å². The molecule has 2 N–H and O–H groups in total. The van der Waals surface area contributed by atoms with E-state index in [0.29, 0.717) is 0 Å². The fourth-order valence-electron chi connectivity index (χ4n) is 2.19. The lowest BCUT2D eigenvalue weighted by molar-refractivity contribution is 0.245.